The summed E-state index contributed by atoms with van der Waals surface area (Å²) >= 11 is 1.82. The van der Waals surface area contributed by atoms with Gasteiger partial charge in [0.2, 0.25) is 0 Å². The lowest BCUT2D eigenvalue weighted by atomic mass is 9.93. The van der Waals surface area contributed by atoms with Crippen LogP contribution in [0.15, 0.2) is 41.8 Å². The van der Waals surface area contributed by atoms with Crippen molar-refractivity contribution in [1.29, 1.82) is 0 Å². The molecular formula is C16H22N2S. The molecule has 0 fully saturated rings. The number of benzene rings is 1. The summed E-state index contributed by atoms with van der Waals surface area (Å²) < 4.78 is 0. The Bertz CT molecular complexity index is 502. The molecule has 3 heteroatoms. The van der Waals surface area contributed by atoms with Crippen LogP contribution in [-0.2, 0) is 18.5 Å². The molecule has 2 nitrogen and oxygen atoms in total. The predicted molar refractivity (Wildman–Crippen MR) is 83.4 cm³/mol. The molecule has 1 aromatic carbocycles. The predicted octanol–water partition coefficient (Wildman–Crippen LogP) is 3.27. The zero-order chi connectivity index (χ0) is 13.7. The third-order valence-electron chi connectivity index (χ3n) is 3.43. The molecule has 3 N–H and O–H groups in total. The first kappa shape index (κ1) is 14.3. The van der Waals surface area contributed by atoms with Gasteiger partial charge in [-0.3, -0.25) is 0 Å². The maximum absolute atomic E-state index is 6.39. The molecule has 0 aliphatic heterocycles. The van der Waals surface area contributed by atoms with Gasteiger partial charge in [0.1, 0.15) is 0 Å². The number of hydrogen-bond acceptors (Lipinski definition) is 3. The highest BCUT2D eigenvalue weighted by molar-refractivity contribution is 7.10. The van der Waals surface area contributed by atoms with E-state index in [0.29, 0.717) is 0 Å². The Morgan fingerprint density at radius 3 is 2.63 bits per heavy atom. The van der Waals surface area contributed by atoms with Crippen LogP contribution < -0.4 is 11.1 Å². The molecule has 19 heavy (non-hydrogen) atoms. The fourth-order valence-corrected chi connectivity index (χ4v) is 3.14. The van der Waals surface area contributed by atoms with E-state index in [0.717, 1.165) is 19.5 Å². The van der Waals surface area contributed by atoms with E-state index in [1.807, 2.05) is 29.5 Å². The molecule has 2 rings (SSSR count). The molecule has 0 saturated carbocycles. The van der Waals surface area contributed by atoms with Crippen molar-refractivity contribution < 1.29 is 0 Å². The second-order valence-electron chi connectivity index (χ2n) is 5.11. The van der Waals surface area contributed by atoms with E-state index in [2.05, 4.69) is 42.7 Å². The van der Waals surface area contributed by atoms with Gasteiger partial charge >= 0.3 is 0 Å². The maximum Gasteiger partial charge on any atom is 0.0507 e. The van der Waals surface area contributed by atoms with E-state index in [1.54, 1.807) is 0 Å². The lowest BCUT2D eigenvalue weighted by Crippen LogP contribution is -2.43. The number of hydrogen-bond donors (Lipinski definition) is 2. The van der Waals surface area contributed by atoms with Gasteiger partial charge in [-0.25, -0.2) is 0 Å². The molecule has 0 radical (unpaired) electrons. The minimum absolute atomic E-state index is 0.328. The zero-order valence-electron chi connectivity index (χ0n) is 11.6. The first-order valence-corrected chi connectivity index (χ1v) is 7.62. The van der Waals surface area contributed by atoms with Gasteiger partial charge in [-0.15, -0.1) is 11.3 Å². The van der Waals surface area contributed by atoms with Crippen molar-refractivity contribution in [3.05, 3.63) is 57.8 Å². The summed E-state index contributed by atoms with van der Waals surface area (Å²) in [5.74, 6) is 0. The van der Waals surface area contributed by atoms with Crippen molar-refractivity contribution in [3.63, 3.8) is 0 Å². The van der Waals surface area contributed by atoms with Crippen LogP contribution in [0, 0.1) is 0 Å². The molecule has 1 atom stereocenters. The SMILES string of the molecule is CCc1ccsc1CNCC(C)(N)c1ccccc1. The van der Waals surface area contributed by atoms with Crippen LogP contribution in [0.5, 0.6) is 0 Å². The van der Waals surface area contributed by atoms with E-state index >= 15 is 0 Å². The number of nitrogens with one attached hydrogen (secondary N) is 1. The summed E-state index contributed by atoms with van der Waals surface area (Å²) in [4.78, 5) is 1.42. The largest absolute Gasteiger partial charge is 0.321 e. The van der Waals surface area contributed by atoms with Gasteiger partial charge in [0, 0.05) is 18.0 Å². The fourth-order valence-electron chi connectivity index (χ4n) is 2.19. The first-order chi connectivity index (χ1) is 9.13. The summed E-state index contributed by atoms with van der Waals surface area (Å²) in [6, 6.07) is 12.5. The van der Waals surface area contributed by atoms with Gasteiger partial charge < -0.3 is 11.1 Å². The maximum atomic E-state index is 6.39. The summed E-state index contributed by atoms with van der Waals surface area (Å²) in [7, 11) is 0. The van der Waals surface area contributed by atoms with Crippen molar-refractivity contribution in [3.8, 4) is 0 Å². The Morgan fingerprint density at radius 1 is 1.21 bits per heavy atom. The quantitative estimate of drug-likeness (QED) is 0.848. The van der Waals surface area contributed by atoms with Crippen molar-refractivity contribution >= 4 is 11.3 Å². The summed E-state index contributed by atoms with van der Waals surface area (Å²) in [5, 5.41) is 5.65. The van der Waals surface area contributed by atoms with Gasteiger partial charge in [-0.2, -0.15) is 0 Å². The molecule has 0 bridgehead atoms. The molecule has 1 unspecified atom stereocenters. The molecule has 2 aromatic rings. The smallest absolute Gasteiger partial charge is 0.0507 e. The molecule has 0 saturated heterocycles. The van der Waals surface area contributed by atoms with Gasteiger partial charge in [0.15, 0.2) is 0 Å². The van der Waals surface area contributed by atoms with E-state index in [-0.39, 0.29) is 5.54 Å². The van der Waals surface area contributed by atoms with Crippen molar-refractivity contribution in [2.45, 2.75) is 32.4 Å². The molecular weight excluding hydrogens is 252 g/mol. The van der Waals surface area contributed by atoms with Crippen LogP contribution in [0.25, 0.3) is 0 Å². The van der Waals surface area contributed by atoms with E-state index in [1.165, 1.54) is 16.0 Å². The van der Waals surface area contributed by atoms with E-state index < -0.39 is 0 Å². The Morgan fingerprint density at radius 2 is 1.95 bits per heavy atom. The fraction of sp³-hybridized carbons (Fsp3) is 0.375. The van der Waals surface area contributed by atoms with Crippen molar-refractivity contribution in [2.24, 2.45) is 5.73 Å². The molecule has 0 spiro atoms. The molecule has 102 valence electrons. The average molecular weight is 274 g/mol. The molecule has 1 heterocycles. The summed E-state index contributed by atoms with van der Waals surface area (Å²) in [6.45, 7) is 5.95. The number of nitrogens with two attached hydrogens (primary N) is 1. The normalized spacial score (nSPS) is 14.3. The van der Waals surface area contributed by atoms with Crippen LogP contribution >= 0.6 is 11.3 Å². The minimum atomic E-state index is -0.328. The van der Waals surface area contributed by atoms with Gasteiger partial charge in [-0.1, -0.05) is 37.3 Å². The van der Waals surface area contributed by atoms with Crippen LogP contribution in [0.3, 0.4) is 0 Å². The van der Waals surface area contributed by atoms with Gasteiger partial charge in [0.05, 0.1) is 5.54 Å². The average Bonchev–Trinajstić information content (AvgIpc) is 2.87. The monoisotopic (exact) mass is 274 g/mol. The summed E-state index contributed by atoms with van der Waals surface area (Å²) in [5.41, 5.74) is 8.67. The topological polar surface area (TPSA) is 38.0 Å². The zero-order valence-corrected chi connectivity index (χ0v) is 12.5. The van der Waals surface area contributed by atoms with Gasteiger partial charge in [-0.05, 0) is 35.9 Å². The number of thiophene rings is 1. The molecule has 0 aliphatic rings. The third kappa shape index (κ3) is 3.66. The van der Waals surface area contributed by atoms with Crippen LogP contribution in [0.4, 0.5) is 0 Å². The number of aryl methyl sites for hydroxylation is 1. The third-order valence-corrected chi connectivity index (χ3v) is 4.39. The minimum Gasteiger partial charge on any atom is -0.321 e. The van der Waals surface area contributed by atoms with Crippen LogP contribution in [-0.4, -0.2) is 6.54 Å². The van der Waals surface area contributed by atoms with E-state index in [4.69, 9.17) is 5.73 Å². The second kappa shape index (κ2) is 6.33. The number of rotatable bonds is 6. The Kier molecular flexibility index (Phi) is 4.75. The highest BCUT2D eigenvalue weighted by atomic mass is 32.1. The summed E-state index contributed by atoms with van der Waals surface area (Å²) in [6.07, 6.45) is 1.10. The van der Waals surface area contributed by atoms with Gasteiger partial charge in [0.25, 0.3) is 0 Å². The van der Waals surface area contributed by atoms with Crippen LogP contribution in [0.1, 0.15) is 29.9 Å². The first-order valence-electron chi connectivity index (χ1n) is 6.74. The van der Waals surface area contributed by atoms with Crippen molar-refractivity contribution in [1.82, 2.24) is 5.32 Å². The molecule has 0 aliphatic carbocycles. The highest BCUT2D eigenvalue weighted by Gasteiger charge is 2.20. The van der Waals surface area contributed by atoms with Crippen LogP contribution in [0.2, 0.25) is 0 Å². The molecule has 1 aromatic heterocycles. The lowest BCUT2D eigenvalue weighted by molar-refractivity contribution is 0.446. The highest BCUT2D eigenvalue weighted by Crippen LogP contribution is 2.19. The standard InChI is InChI=1S/C16H22N2S/c1-3-13-9-10-19-15(13)11-18-12-16(2,17)14-7-5-4-6-8-14/h4-10,18H,3,11-12,17H2,1-2H3. The Hall–Kier alpha value is -1.16. The Balaban J connectivity index is 1.92. The second-order valence-corrected chi connectivity index (χ2v) is 6.11. The lowest BCUT2D eigenvalue weighted by Gasteiger charge is -2.25. The van der Waals surface area contributed by atoms with E-state index in [9.17, 15) is 0 Å². The molecule has 0 amide bonds. The van der Waals surface area contributed by atoms with Crippen molar-refractivity contribution in [2.75, 3.05) is 6.54 Å². The Labute approximate surface area is 119 Å².